The van der Waals surface area contributed by atoms with Gasteiger partial charge in [0.05, 0.1) is 12.2 Å². The van der Waals surface area contributed by atoms with Crippen LogP contribution in [-0.2, 0) is 14.4 Å². The van der Waals surface area contributed by atoms with Crippen molar-refractivity contribution in [1.29, 1.82) is 0 Å². The van der Waals surface area contributed by atoms with E-state index in [1.807, 2.05) is 0 Å². The molecular formula is C15H17FN4O5. The van der Waals surface area contributed by atoms with E-state index in [2.05, 4.69) is 10.5 Å². The van der Waals surface area contributed by atoms with Crippen molar-refractivity contribution < 1.29 is 28.3 Å². The lowest BCUT2D eigenvalue weighted by Gasteiger charge is -2.29. The minimum Gasteiger partial charge on any atom is -0.483 e. The number of cyclic esters (lactones) is 1. The molecule has 9 nitrogen and oxygen atoms in total. The van der Waals surface area contributed by atoms with Gasteiger partial charge < -0.3 is 24.5 Å². The minimum atomic E-state index is -0.944. The second kappa shape index (κ2) is 6.46. The molecule has 0 radical (unpaired) electrons. The molecule has 25 heavy (non-hydrogen) atoms. The summed E-state index contributed by atoms with van der Waals surface area (Å²) in [5.41, 5.74) is 0.425. The fourth-order valence-corrected chi connectivity index (χ4v) is 2.68. The number of likely N-dealkylation sites (N-methyl/N-ethyl adjacent to an activating group) is 2. The smallest absolute Gasteiger partial charge is 0.415 e. The van der Waals surface area contributed by atoms with Crippen molar-refractivity contribution in [2.24, 2.45) is 5.16 Å². The van der Waals surface area contributed by atoms with Crippen LogP contribution in [0.2, 0.25) is 0 Å². The summed E-state index contributed by atoms with van der Waals surface area (Å²) in [6, 6.07) is 2.70. The summed E-state index contributed by atoms with van der Waals surface area (Å²) >= 11 is 0. The standard InChI is InChI=1S/C15H17FN4O5/c1-17-14(21)11-6-20(15(22)25-11)8-4-9(16)13-10(5-8)24-7-12(18-23-3)19(13)2/h4-5,11H,6-7H2,1-3H3,(H,17,21)/t11-/m1/s1. The number of hydrogen-bond donors (Lipinski definition) is 1. The number of carbonyl (C=O) groups is 2. The topological polar surface area (TPSA) is 92.7 Å². The summed E-state index contributed by atoms with van der Waals surface area (Å²) in [5.74, 6) is -0.369. The molecule has 2 amide bonds. The monoisotopic (exact) mass is 352 g/mol. The number of benzene rings is 1. The lowest BCUT2D eigenvalue weighted by atomic mass is 10.2. The van der Waals surface area contributed by atoms with Gasteiger partial charge in [0.25, 0.3) is 5.91 Å². The van der Waals surface area contributed by atoms with Crippen LogP contribution in [0.5, 0.6) is 5.75 Å². The molecule has 1 aromatic rings. The van der Waals surface area contributed by atoms with Crippen LogP contribution in [0.15, 0.2) is 17.3 Å². The van der Waals surface area contributed by atoms with E-state index < -0.39 is 23.9 Å². The quantitative estimate of drug-likeness (QED) is 0.805. The van der Waals surface area contributed by atoms with Crippen molar-refractivity contribution in [2.45, 2.75) is 6.10 Å². The molecule has 10 heteroatoms. The van der Waals surface area contributed by atoms with E-state index in [4.69, 9.17) is 14.3 Å². The predicted molar refractivity (Wildman–Crippen MR) is 86.4 cm³/mol. The molecule has 0 unspecified atom stereocenters. The zero-order chi connectivity index (χ0) is 18.1. The summed E-state index contributed by atoms with van der Waals surface area (Å²) in [7, 11) is 4.46. The van der Waals surface area contributed by atoms with Crippen LogP contribution in [0.1, 0.15) is 0 Å². The van der Waals surface area contributed by atoms with Crippen molar-refractivity contribution in [3.05, 3.63) is 17.9 Å². The summed E-state index contributed by atoms with van der Waals surface area (Å²) in [4.78, 5) is 31.0. The first kappa shape index (κ1) is 16.8. The molecule has 134 valence electrons. The van der Waals surface area contributed by atoms with Crippen LogP contribution in [0, 0.1) is 5.82 Å². The van der Waals surface area contributed by atoms with E-state index in [-0.39, 0.29) is 30.3 Å². The number of amides is 2. The molecule has 0 spiro atoms. The number of rotatable bonds is 3. The van der Waals surface area contributed by atoms with Gasteiger partial charge in [0, 0.05) is 26.2 Å². The first-order valence-electron chi connectivity index (χ1n) is 7.46. The number of amidine groups is 1. The highest BCUT2D eigenvalue weighted by molar-refractivity contribution is 6.02. The average Bonchev–Trinajstić information content (AvgIpc) is 2.98. The summed E-state index contributed by atoms with van der Waals surface area (Å²) in [6.45, 7) is 0.0779. The summed E-state index contributed by atoms with van der Waals surface area (Å²) < 4.78 is 25.1. The van der Waals surface area contributed by atoms with E-state index in [0.717, 1.165) is 0 Å². The number of nitrogens with one attached hydrogen (secondary N) is 1. The summed E-state index contributed by atoms with van der Waals surface area (Å²) in [6.07, 6.45) is -1.67. The van der Waals surface area contributed by atoms with Gasteiger partial charge in [-0.25, -0.2) is 9.18 Å². The number of carbonyl (C=O) groups excluding carboxylic acids is 2. The van der Waals surface area contributed by atoms with Gasteiger partial charge in [-0.15, -0.1) is 0 Å². The molecule has 2 aliphatic heterocycles. The Bertz CT molecular complexity index is 754. The molecule has 3 rings (SSSR count). The van der Waals surface area contributed by atoms with Gasteiger partial charge >= 0.3 is 6.09 Å². The molecule has 1 atom stereocenters. The lowest BCUT2D eigenvalue weighted by Crippen LogP contribution is -2.37. The lowest BCUT2D eigenvalue weighted by molar-refractivity contribution is -0.127. The van der Waals surface area contributed by atoms with Crippen LogP contribution in [0.4, 0.5) is 20.6 Å². The SMILES string of the molecule is CNC(=O)[C@H]1CN(c2cc(F)c3c(c2)OCC(=NOC)N3C)C(=O)O1. The molecule has 2 aliphatic rings. The number of anilines is 2. The van der Waals surface area contributed by atoms with Gasteiger partial charge in [-0.05, 0) is 0 Å². The molecular weight excluding hydrogens is 335 g/mol. The van der Waals surface area contributed by atoms with Gasteiger partial charge in [0.2, 0.25) is 0 Å². The Morgan fingerprint density at radius 1 is 1.48 bits per heavy atom. The van der Waals surface area contributed by atoms with E-state index in [1.54, 1.807) is 7.05 Å². The van der Waals surface area contributed by atoms with Crippen LogP contribution in [-0.4, -0.2) is 58.3 Å². The number of halogens is 1. The highest BCUT2D eigenvalue weighted by Crippen LogP contribution is 2.38. The van der Waals surface area contributed by atoms with Gasteiger partial charge in [-0.3, -0.25) is 9.69 Å². The second-order valence-electron chi connectivity index (χ2n) is 5.41. The van der Waals surface area contributed by atoms with E-state index in [1.165, 1.54) is 36.1 Å². The van der Waals surface area contributed by atoms with Gasteiger partial charge in [-0.2, -0.15) is 0 Å². The van der Waals surface area contributed by atoms with Gasteiger partial charge in [0.1, 0.15) is 25.2 Å². The predicted octanol–water partition coefficient (Wildman–Crippen LogP) is 0.685. The van der Waals surface area contributed by atoms with E-state index >= 15 is 0 Å². The zero-order valence-electron chi connectivity index (χ0n) is 13.9. The van der Waals surface area contributed by atoms with Crippen molar-refractivity contribution in [2.75, 3.05) is 44.2 Å². The number of oxime groups is 1. The van der Waals surface area contributed by atoms with Crippen LogP contribution in [0.25, 0.3) is 0 Å². The first-order chi connectivity index (χ1) is 12.0. The molecule has 0 aromatic heterocycles. The number of fused-ring (bicyclic) bond motifs is 1. The maximum Gasteiger partial charge on any atom is 0.415 e. The average molecular weight is 352 g/mol. The van der Waals surface area contributed by atoms with Gasteiger partial charge in [0.15, 0.2) is 17.8 Å². The Morgan fingerprint density at radius 3 is 2.92 bits per heavy atom. The van der Waals surface area contributed by atoms with E-state index in [9.17, 15) is 14.0 Å². The first-order valence-corrected chi connectivity index (χ1v) is 7.46. The zero-order valence-corrected chi connectivity index (χ0v) is 13.9. The third kappa shape index (κ3) is 2.90. The molecule has 1 saturated heterocycles. The molecule has 0 saturated carbocycles. The Kier molecular flexibility index (Phi) is 4.34. The van der Waals surface area contributed by atoms with Crippen molar-refractivity contribution >= 4 is 29.2 Å². The maximum absolute atomic E-state index is 14.6. The molecule has 1 N–H and O–H groups in total. The molecule has 0 aliphatic carbocycles. The third-order valence-electron chi connectivity index (χ3n) is 3.95. The Balaban J connectivity index is 1.91. The second-order valence-corrected chi connectivity index (χ2v) is 5.41. The maximum atomic E-state index is 14.6. The minimum absolute atomic E-state index is 0.0110. The Morgan fingerprint density at radius 2 is 2.24 bits per heavy atom. The Labute approximate surface area is 142 Å². The molecule has 1 aromatic carbocycles. The van der Waals surface area contributed by atoms with Crippen molar-refractivity contribution in [1.82, 2.24) is 5.32 Å². The number of hydrogen-bond acceptors (Lipinski definition) is 6. The largest absolute Gasteiger partial charge is 0.483 e. The Hall–Kier alpha value is -3.04. The van der Waals surface area contributed by atoms with Crippen LogP contribution < -0.4 is 19.9 Å². The number of nitrogens with zero attached hydrogens (tertiary/aromatic N) is 3. The van der Waals surface area contributed by atoms with Crippen molar-refractivity contribution in [3.63, 3.8) is 0 Å². The van der Waals surface area contributed by atoms with E-state index in [0.29, 0.717) is 5.84 Å². The molecule has 0 bridgehead atoms. The molecule has 1 fully saturated rings. The fraction of sp³-hybridized carbons (Fsp3) is 0.400. The summed E-state index contributed by atoms with van der Waals surface area (Å²) in [5, 5.41) is 6.19. The highest BCUT2D eigenvalue weighted by Gasteiger charge is 2.38. The third-order valence-corrected chi connectivity index (χ3v) is 3.95. The van der Waals surface area contributed by atoms with Crippen LogP contribution >= 0.6 is 0 Å². The van der Waals surface area contributed by atoms with Crippen molar-refractivity contribution in [3.8, 4) is 5.75 Å². The van der Waals surface area contributed by atoms with Gasteiger partial charge in [-0.1, -0.05) is 5.16 Å². The fourth-order valence-electron chi connectivity index (χ4n) is 2.68. The normalized spacial score (nSPS) is 20.9. The van der Waals surface area contributed by atoms with Crippen LogP contribution in [0.3, 0.4) is 0 Å². The highest BCUT2D eigenvalue weighted by atomic mass is 19.1. The number of ether oxygens (including phenoxy) is 2. The molecule has 2 heterocycles.